The number of aromatic carboxylic acids is 1. The van der Waals surface area contributed by atoms with Crippen LogP contribution in [0.1, 0.15) is 15.9 Å². The predicted octanol–water partition coefficient (Wildman–Crippen LogP) is 2.40. The normalized spacial score (nSPS) is 9.95. The minimum Gasteiger partial charge on any atom is -0.480 e. The molecule has 0 saturated carbocycles. The monoisotopic (exact) mass is 258 g/mol. The number of nitrogens with one attached hydrogen (secondary N) is 1. The van der Waals surface area contributed by atoms with Gasteiger partial charge >= 0.3 is 5.97 Å². The molecule has 98 valence electrons. The molecule has 1 aromatic carbocycles. The number of nitrogens with zero attached hydrogens (tertiary/aromatic N) is 1. The first-order chi connectivity index (χ1) is 9.20. The van der Waals surface area contributed by atoms with Crippen LogP contribution in [0.4, 0.5) is 5.69 Å². The summed E-state index contributed by atoms with van der Waals surface area (Å²) in [5.74, 6) is -0.391. The molecule has 0 bridgehead atoms. The second-order valence-corrected chi connectivity index (χ2v) is 3.92. The van der Waals surface area contributed by atoms with Crippen LogP contribution in [0.15, 0.2) is 42.6 Å². The summed E-state index contributed by atoms with van der Waals surface area (Å²) in [6, 6.07) is 10.4. The van der Waals surface area contributed by atoms with E-state index in [9.17, 15) is 4.79 Å². The van der Waals surface area contributed by atoms with Gasteiger partial charge in [0.15, 0.2) is 0 Å². The van der Waals surface area contributed by atoms with Gasteiger partial charge in [-0.05, 0) is 29.8 Å². The third kappa shape index (κ3) is 3.22. The number of anilines is 1. The van der Waals surface area contributed by atoms with Crippen LogP contribution in [0.5, 0.6) is 5.88 Å². The van der Waals surface area contributed by atoms with E-state index in [1.807, 2.05) is 12.1 Å². The van der Waals surface area contributed by atoms with Crippen molar-refractivity contribution in [2.45, 2.75) is 6.54 Å². The van der Waals surface area contributed by atoms with Crippen molar-refractivity contribution in [2.75, 3.05) is 12.4 Å². The van der Waals surface area contributed by atoms with Crippen molar-refractivity contribution >= 4 is 11.7 Å². The van der Waals surface area contributed by atoms with Crippen LogP contribution in [-0.2, 0) is 6.54 Å². The minimum absolute atomic E-state index is 0.280. The molecule has 2 N–H and O–H groups in total. The first-order valence-electron chi connectivity index (χ1n) is 5.76. The molecule has 0 aliphatic heterocycles. The molecule has 0 atom stereocenters. The van der Waals surface area contributed by atoms with Gasteiger partial charge in [-0.2, -0.15) is 0 Å². The molecule has 5 nitrogen and oxygen atoms in total. The zero-order valence-electron chi connectivity index (χ0n) is 10.5. The molecule has 0 aliphatic rings. The number of aromatic nitrogens is 1. The molecule has 0 saturated heterocycles. The lowest BCUT2D eigenvalue weighted by atomic mass is 10.1. The summed E-state index contributed by atoms with van der Waals surface area (Å²) < 4.78 is 5.13. The summed E-state index contributed by atoms with van der Waals surface area (Å²) in [4.78, 5) is 14.8. The number of hydrogen-bond acceptors (Lipinski definition) is 4. The first kappa shape index (κ1) is 12.9. The van der Waals surface area contributed by atoms with Gasteiger partial charge in [-0.1, -0.05) is 12.1 Å². The summed E-state index contributed by atoms with van der Waals surface area (Å²) in [7, 11) is 1.56. The fourth-order valence-electron chi connectivity index (χ4n) is 1.65. The van der Waals surface area contributed by atoms with Crippen LogP contribution in [0.2, 0.25) is 0 Å². The average molecular weight is 258 g/mol. The molecule has 0 unspecified atom stereocenters. The largest absolute Gasteiger partial charge is 0.480 e. The standard InChI is InChI=1S/C14H14N2O3/c1-19-13-12(3-2-8-15-13)16-9-10-4-6-11(7-5-10)14(17)18/h2-8,16H,9H2,1H3,(H,17,18). The van der Waals surface area contributed by atoms with E-state index in [4.69, 9.17) is 9.84 Å². The van der Waals surface area contributed by atoms with E-state index in [0.717, 1.165) is 11.3 Å². The van der Waals surface area contributed by atoms with Crippen molar-refractivity contribution in [3.8, 4) is 5.88 Å². The van der Waals surface area contributed by atoms with E-state index >= 15 is 0 Å². The van der Waals surface area contributed by atoms with Gasteiger partial charge in [0.1, 0.15) is 0 Å². The van der Waals surface area contributed by atoms with Gasteiger partial charge in [0.2, 0.25) is 5.88 Å². The molecule has 1 aromatic heterocycles. The summed E-state index contributed by atoms with van der Waals surface area (Å²) in [6.45, 7) is 0.571. The fourth-order valence-corrected chi connectivity index (χ4v) is 1.65. The lowest BCUT2D eigenvalue weighted by molar-refractivity contribution is 0.0697. The maximum absolute atomic E-state index is 10.7. The Morgan fingerprint density at radius 3 is 2.68 bits per heavy atom. The molecule has 5 heteroatoms. The molecule has 0 amide bonds. The van der Waals surface area contributed by atoms with Crippen molar-refractivity contribution < 1.29 is 14.6 Å². The van der Waals surface area contributed by atoms with Crippen LogP contribution >= 0.6 is 0 Å². The van der Waals surface area contributed by atoms with Crippen LogP contribution in [0, 0.1) is 0 Å². The molecule has 0 fully saturated rings. The van der Waals surface area contributed by atoms with Gasteiger partial charge in [0, 0.05) is 12.7 Å². The number of carboxylic acid groups (broad SMARTS) is 1. The van der Waals surface area contributed by atoms with Crippen LogP contribution in [0.3, 0.4) is 0 Å². The Labute approximate surface area is 110 Å². The van der Waals surface area contributed by atoms with E-state index in [2.05, 4.69) is 10.3 Å². The Balaban J connectivity index is 2.04. The highest BCUT2D eigenvalue weighted by Crippen LogP contribution is 2.20. The highest BCUT2D eigenvalue weighted by Gasteiger charge is 2.04. The van der Waals surface area contributed by atoms with Gasteiger partial charge in [0.25, 0.3) is 0 Å². The van der Waals surface area contributed by atoms with Crippen molar-refractivity contribution in [2.24, 2.45) is 0 Å². The van der Waals surface area contributed by atoms with E-state index in [0.29, 0.717) is 12.4 Å². The number of ether oxygens (including phenoxy) is 1. The van der Waals surface area contributed by atoms with E-state index in [1.165, 1.54) is 0 Å². The van der Waals surface area contributed by atoms with Gasteiger partial charge in [-0.25, -0.2) is 9.78 Å². The number of carbonyl (C=O) groups is 1. The molecule has 0 aliphatic carbocycles. The molecular formula is C14H14N2O3. The number of rotatable bonds is 5. The predicted molar refractivity (Wildman–Crippen MR) is 71.5 cm³/mol. The Morgan fingerprint density at radius 1 is 1.32 bits per heavy atom. The molecule has 19 heavy (non-hydrogen) atoms. The SMILES string of the molecule is COc1ncccc1NCc1ccc(C(=O)O)cc1. The highest BCUT2D eigenvalue weighted by molar-refractivity contribution is 5.87. The first-order valence-corrected chi connectivity index (χ1v) is 5.76. The Morgan fingerprint density at radius 2 is 2.05 bits per heavy atom. The van der Waals surface area contributed by atoms with Gasteiger partial charge in [0.05, 0.1) is 18.4 Å². The maximum Gasteiger partial charge on any atom is 0.335 e. The van der Waals surface area contributed by atoms with E-state index in [-0.39, 0.29) is 5.56 Å². The average Bonchev–Trinajstić information content (AvgIpc) is 2.45. The number of benzene rings is 1. The molecule has 0 spiro atoms. The molecular weight excluding hydrogens is 244 g/mol. The van der Waals surface area contributed by atoms with Crippen molar-refractivity contribution in [3.63, 3.8) is 0 Å². The summed E-state index contributed by atoms with van der Waals surface area (Å²) >= 11 is 0. The number of pyridine rings is 1. The number of carboxylic acids is 1. The Bertz CT molecular complexity index is 567. The topological polar surface area (TPSA) is 71.5 Å². The third-order valence-electron chi connectivity index (χ3n) is 2.65. The lowest BCUT2D eigenvalue weighted by Gasteiger charge is -2.09. The van der Waals surface area contributed by atoms with Crippen molar-refractivity contribution in [1.29, 1.82) is 0 Å². The Hall–Kier alpha value is -2.56. The van der Waals surface area contributed by atoms with Crippen molar-refractivity contribution in [1.82, 2.24) is 4.98 Å². The zero-order chi connectivity index (χ0) is 13.7. The summed E-state index contributed by atoms with van der Waals surface area (Å²) in [5, 5.41) is 12.0. The fraction of sp³-hybridized carbons (Fsp3) is 0.143. The summed E-state index contributed by atoms with van der Waals surface area (Å²) in [5.41, 5.74) is 2.06. The Kier molecular flexibility index (Phi) is 3.97. The lowest BCUT2D eigenvalue weighted by Crippen LogP contribution is -2.03. The van der Waals surface area contributed by atoms with Gasteiger partial charge in [-0.15, -0.1) is 0 Å². The second-order valence-electron chi connectivity index (χ2n) is 3.92. The number of hydrogen-bond donors (Lipinski definition) is 2. The van der Waals surface area contributed by atoms with Crippen molar-refractivity contribution in [3.05, 3.63) is 53.7 Å². The zero-order valence-corrected chi connectivity index (χ0v) is 10.5. The molecule has 0 radical (unpaired) electrons. The highest BCUT2D eigenvalue weighted by atomic mass is 16.5. The van der Waals surface area contributed by atoms with Crippen LogP contribution in [-0.4, -0.2) is 23.2 Å². The molecule has 2 rings (SSSR count). The number of methoxy groups -OCH3 is 1. The smallest absolute Gasteiger partial charge is 0.335 e. The van der Waals surface area contributed by atoms with Gasteiger partial charge < -0.3 is 15.2 Å². The molecule has 1 heterocycles. The minimum atomic E-state index is -0.923. The molecule has 2 aromatic rings. The second kappa shape index (κ2) is 5.86. The maximum atomic E-state index is 10.7. The summed E-state index contributed by atoms with van der Waals surface area (Å²) in [6.07, 6.45) is 1.66. The van der Waals surface area contributed by atoms with E-state index in [1.54, 1.807) is 37.6 Å². The third-order valence-corrected chi connectivity index (χ3v) is 2.65. The van der Waals surface area contributed by atoms with Crippen LogP contribution < -0.4 is 10.1 Å². The van der Waals surface area contributed by atoms with Gasteiger partial charge in [-0.3, -0.25) is 0 Å². The van der Waals surface area contributed by atoms with Crippen LogP contribution in [0.25, 0.3) is 0 Å². The van der Waals surface area contributed by atoms with E-state index < -0.39 is 5.97 Å². The quantitative estimate of drug-likeness (QED) is 0.861.